The highest BCUT2D eigenvalue weighted by atomic mass is 19.1. The van der Waals surface area contributed by atoms with E-state index < -0.39 is 16.8 Å². The van der Waals surface area contributed by atoms with Gasteiger partial charge in [-0.1, -0.05) is 24.3 Å². The monoisotopic (exact) mass is 344 g/mol. The minimum absolute atomic E-state index is 0.0735. The van der Waals surface area contributed by atoms with Crippen molar-refractivity contribution in [1.82, 2.24) is 4.90 Å². The van der Waals surface area contributed by atoms with E-state index in [0.29, 0.717) is 24.1 Å². The molecule has 1 heterocycles. The number of halogens is 1. The molecular formula is C18H17FN2O4. The lowest BCUT2D eigenvalue weighted by atomic mass is 9.97. The fraction of sp³-hybridized carbons (Fsp3) is 0.278. The lowest BCUT2D eigenvalue weighted by molar-refractivity contribution is -0.385. The molecule has 0 aliphatic carbocycles. The molecule has 25 heavy (non-hydrogen) atoms. The highest BCUT2D eigenvalue weighted by Gasteiger charge is 2.27. The van der Waals surface area contributed by atoms with E-state index in [1.165, 1.54) is 24.3 Å². The van der Waals surface area contributed by atoms with Gasteiger partial charge in [-0.15, -0.1) is 0 Å². The van der Waals surface area contributed by atoms with Gasteiger partial charge in [-0.2, -0.15) is 0 Å². The summed E-state index contributed by atoms with van der Waals surface area (Å²) in [6.07, 6.45) is -0.850. The SMILES string of the molecule is O=C(CC(O)c1cccc(F)c1)N1CCc2c(cccc2[N+](=O)[O-])C1. The Morgan fingerprint density at radius 2 is 2.08 bits per heavy atom. The van der Waals surface area contributed by atoms with Crippen LogP contribution in [-0.2, 0) is 17.8 Å². The Labute approximate surface area is 143 Å². The highest BCUT2D eigenvalue weighted by Crippen LogP contribution is 2.28. The smallest absolute Gasteiger partial charge is 0.272 e. The first-order valence-electron chi connectivity index (χ1n) is 7.92. The van der Waals surface area contributed by atoms with E-state index in [2.05, 4.69) is 0 Å². The zero-order valence-electron chi connectivity index (χ0n) is 13.4. The number of hydrogen-bond donors (Lipinski definition) is 1. The molecule has 6 nitrogen and oxygen atoms in total. The number of nitro groups is 1. The van der Waals surface area contributed by atoms with Gasteiger partial charge >= 0.3 is 0 Å². The molecule has 0 saturated heterocycles. The fourth-order valence-corrected chi connectivity index (χ4v) is 3.10. The number of carbonyl (C=O) groups excluding carboxylic acids is 1. The van der Waals surface area contributed by atoms with Crippen LogP contribution in [0.3, 0.4) is 0 Å². The summed E-state index contributed by atoms with van der Waals surface area (Å²) in [5.74, 6) is -0.739. The van der Waals surface area contributed by atoms with Crippen LogP contribution in [0, 0.1) is 15.9 Å². The maximum atomic E-state index is 13.2. The summed E-state index contributed by atoms with van der Waals surface area (Å²) in [6, 6.07) is 10.4. The molecule has 2 aromatic rings. The number of aliphatic hydroxyl groups is 1. The number of amides is 1. The van der Waals surface area contributed by atoms with Crippen LogP contribution in [0.25, 0.3) is 0 Å². The van der Waals surface area contributed by atoms with Crippen molar-refractivity contribution in [2.24, 2.45) is 0 Å². The molecule has 2 aromatic carbocycles. The Hall–Kier alpha value is -2.80. The van der Waals surface area contributed by atoms with E-state index in [-0.39, 0.29) is 24.6 Å². The quantitative estimate of drug-likeness (QED) is 0.683. The van der Waals surface area contributed by atoms with Gasteiger partial charge in [-0.3, -0.25) is 14.9 Å². The molecule has 1 aliphatic rings. The number of carbonyl (C=O) groups is 1. The van der Waals surface area contributed by atoms with Crippen molar-refractivity contribution >= 4 is 11.6 Å². The molecule has 1 aliphatic heterocycles. The van der Waals surface area contributed by atoms with Crippen LogP contribution < -0.4 is 0 Å². The van der Waals surface area contributed by atoms with Crippen molar-refractivity contribution in [3.05, 3.63) is 75.1 Å². The number of hydrogen-bond acceptors (Lipinski definition) is 4. The topological polar surface area (TPSA) is 83.7 Å². The Kier molecular flexibility index (Phi) is 4.76. The third-order valence-corrected chi connectivity index (χ3v) is 4.39. The zero-order valence-corrected chi connectivity index (χ0v) is 13.4. The van der Waals surface area contributed by atoms with Crippen LogP contribution in [-0.4, -0.2) is 27.4 Å². The van der Waals surface area contributed by atoms with Gasteiger partial charge < -0.3 is 10.0 Å². The fourth-order valence-electron chi connectivity index (χ4n) is 3.10. The molecular weight excluding hydrogens is 327 g/mol. The predicted octanol–water partition coefficient (Wildman–Crippen LogP) is 2.74. The average molecular weight is 344 g/mol. The molecule has 1 unspecified atom stereocenters. The predicted molar refractivity (Wildman–Crippen MR) is 88.2 cm³/mol. The van der Waals surface area contributed by atoms with Gasteiger partial charge in [0.15, 0.2) is 0 Å². The number of rotatable bonds is 4. The van der Waals surface area contributed by atoms with Crippen LogP contribution in [0.15, 0.2) is 42.5 Å². The minimum atomic E-state index is -1.09. The van der Waals surface area contributed by atoms with Gasteiger partial charge in [0, 0.05) is 24.7 Å². The van der Waals surface area contributed by atoms with Crippen LogP contribution >= 0.6 is 0 Å². The molecule has 0 spiro atoms. The molecule has 1 amide bonds. The second-order valence-electron chi connectivity index (χ2n) is 6.01. The average Bonchev–Trinajstić information content (AvgIpc) is 2.60. The highest BCUT2D eigenvalue weighted by molar-refractivity contribution is 5.77. The molecule has 130 valence electrons. The number of nitrogens with zero attached hydrogens (tertiary/aromatic N) is 2. The second kappa shape index (κ2) is 6.98. The molecule has 0 fully saturated rings. The molecule has 0 saturated carbocycles. The van der Waals surface area contributed by atoms with Crippen molar-refractivity contribution in [3.8, 4) is 0 Å². The number of nitro benzene ring substituents is 1. The van der Waals surface area contributed by atoms with Gasteiger partial charge in [0.05, 0.1) is 17.4 Å². The molecule has 1 atom stereocenters. The molecule has 0 radical (unpaired) electrons. The summed E-state index contributed by atoms with van der Waals surface area (Å²) in [7, 11) is 0. The van der Waals surface area contributed by atoms with Gasteiger partial charge in [0.25, 0.3) is 5.69 Å². The lowest BCUT2D eigenvalue weighted by Crippen LogP contribution is -2.36. The Morgan fingerprint density at radius 1 is 1.32 bits per heavy atom. The van der Waals surface area contributed by atoms with Gasteiger partial charge in [-0.25, -0.2) is 4.39 Å². The molecule has 1 N–H and O–H groups in total. The van der Waals surface area contributed by atoms with Crippen molar-refractivity contribution in [1.29, 1.82) is 0 Å². The van der Waals surface area contributed by atoms with Gasteiger partial charge in [-0.05, 0) is 29.7 Å². The van der Waals surface area contributed by atoms with E-state index in [1.54, 1.807) is 23.1 Å². The first-order chi connectivity index (χ1) is 12.0. The Morgan fingerprint density at radius 3 is 2.80 bits per heavy atom. The van der Waals surface area contributed by atoms with Crippen LogP contribution in [0.4, 0.5) is 10.1 Å². The van der Waals surface area contributed by atoms with E-state index in [9.17, 15) is 24.4 Å². The largest absolute Gasteiger partial charge is 0.388 e. The van der Waals surface area contributed by atoms with E-state index in [4.69, 9.17) is 0 Å². The zero-order chi connectivity index (χ0) is 18.0. The number of aliphatic hydroxyl groups excluding tert-OH is 1. The second-order valence-corrected chi connectivity index (χ2v) is 6.01. The maximum Gasteiger partial charge on any atom is 0.272 e. The maximum absolute atomic E-state index is 13.2. The van der Waals surface area contributed by atoms with E-state index >= 15 is 0 Å². The summed E-state index contributed by atoms with van der Waals surface area (Å²) >= 11 is 0. The minimum Gasteiger partial charge on any atom is -0.388 e. The van der Waals surface area contributed by atoms with E-state index in [0.717, 1.165) is 5.56 Å². The third-order valence-electron chi connectivity index (χ3n) is 4.39. The van der Waals surface area contributed by atoms with Crippen molar-refractivity contribution in [2.75, 3.05) is 6.54 Å². The third kappa shape index (κ3) is 3.66. The van der Waals surface area contributed by atoms with E-state index in [1.807, 2.05) is 0 Å². The van der Waals surface area contributed by atoms with Crippen LogP contribution in [0.1, 0.15) is 29.2 Å². The van der Waals surface area contributed by atoms with Crippen molar-refractivity contribution in [3.63, 3.8) is 0 Å². The summed E-state index contributed by atoms with van der Waals surface area (Å²) in [6.45, 7) is 0.623. The Balaban J connectivity index is 1.70. The van der Waals surface area contributed by atoms with Crippen LogP contribution in [0.2, 0.25) is 0 Å². The summed E-state index contributed by atoms with van der Waals surface area (Å²) in [4.78, 5) is 24.7. The van der Waals surface area contributed by atoms with Crippen LogP contribution in [0.5, 0.6) is 0 Å². The molecule has 0 bridgehead atoms. The molecule has 7 heteroatoms. The summed E-state index contributed by atoms with van der Waals surface area (Å²) < 4.78 is 13.2. The van der Waals surface area contributed by atoms with Crippen molar-refractivity contribution in [2.45, 2.75) is 25.5 Å². The summed E-state index contributed by atoms with van der Waals surface area (Å²) in [5.41, 5.74) is 1.82. The number of fused-ring (bicyclic) bond motifs is 1. The lowest BCUT2D eigenvalue weighted by Gasteiger charge is -2.29. The van der Waals surface area contributed by atoms with Gasteiger partial charge in [0.2, 0.25) is 5.91 Å². The molecule has 3 rings (SSSR count). The Bertz CT molecular complexity index is 824. The van der Waals surface area contributed by atoms with Gasteiger partial charge in [0.1, 0.15) is 5.82 Å². The summed E-state index contributed by atoms with van der Waals surface area (Å²) in [5, 5.41) is 21.2. The van der Waals surface area contributed by atoms with Crippen molar-refractivity contribution < 1.29 is 19.2 Å². The normalized spacial score (nSPS) is 14.7. The number of benzene rings is 2. The standard InChI is InChI=1S/C18H17FN2O4/c19-14-5-1-3-12(9-14)17(22)10-18(23)20-8-7-15-13(11-20)4-2-6-16(15)21(24)25/h1-6,9,17,22H,7-8,10-11H2. The molecule has 0 aromatic heterocycles. The first kappa shape index (κ1) is 17.0. The first-order valence-corrected chi connectivity index (χ1v) is 7.92.